The number of aliphatic imine (C=N–C) groups is 1. The highest BCUT2D eigenvalue weighted by atomic mass is 32.1. The molecule has 0 amide bonds. The molecule has 1 unspecified atom stereocenters. The van der Waals surface area contributed by atoms with Gasteiger partial charge in [0.15, 0.2) is 4.77 Å². The first-order chi connectivity index (χ1) is 11.9. The van der Waals surface area contributed by atoms with Crippen molar-refractivity contribution >= 4 is 40.7 Å². The molecule has 25 heavy (non-hydrogen) atoms. The van der Waals surface area contributed by atoms with Crippen LogP contribution in [0.4, 0.5) is 5.00 Å². The number of nitrogens with zero attached hydrogens (tertiary/aromatic N) is 1. The number of rotatable bonds is 3. The predicted molar refractivity (Wildman–Crippen MR) is 98.0 cm³/mol. The molecule has 2 aromatic rings. The van der Waals surface area contributed by atoms with Gasteiger partial charge in [-0.05, 0) is 43.0 Å². The second-order valence-electron chi connectivity index (χ2n) is 5.95. The first-order valence-corrected chi connectivity index (χ1v) is 8.95. The third-order valence-corrected chi connectivity index (χ3v) is 5.52. The van der Waals surface area contributed by atoms with Gasteiger partial charge in [0.25, 0.3) is 5.56 Å². The van der Waals surface area contributed by atoms with E-state index in [2.05, 4.69) is 21.9 Å². The van der Waals surface area contributed by atoms with Crippen LogP contribution in [0, 0.1) is 10.7 Å². The fraction of sp³-hybridized carbons (Fsp3) is 0.375. The highest BCUT2D eigenvalue weighted by Gasteiger charge is 2.27. The van der Waals surface area contributed by atoms with Crippen molar-refractivity contribution in [2.45, 2.75) is 26.2 Å². The van der Waals surface area contributed by atoms with E-state index in [0.717, 1.165) is 29.7 Å². The molecule has 1 aliphatic carbocycles. The molecular formula is C16H17N3O4S2. The number of carbonyl (C=O) groups is 1. The monoisotopic (exact) mass is 379 g/mol. The smallest absolute Gasteiger partial charge is 0.341 e. The zero-order chi connectivity index (χ0) is 18.1. The van der Waals surface area contributed by atoms with Gasteiger partial charge in [-0.1, -0.05) is 6.92 Å². The van der Waals surface area contributed by atoms with Crippen LogP contribution in [-0.2, 0) is 17.6 Å². The summed E-state index contributed by atoms with van der Waals surface area (Å²) in [5.41, 5.74) is 0.821. The molecule has 3 rings (SSSR count). The van der Waals surface area contributed by atoms with Crippen LogP contribution in [0.1, 0.15) is 39.7 Å². The number of aromatic hydroxyl groups is 1. The standard InChI is InChI=1S/C16H17N3O4S2/c1-7-3-4-8-10(5-7)25-14(11(8)15(22)23-2)17-6-9-12(20)18-16(24)19-13(9)21/h6-7H,3-5H2,1-2H3,(H3,18,19,20,21,24). The average Bonchev–Trinajstić information content (AvgIpc) is 2.90. The van der Waals surface area contributed by atoms with Gasteiger partial charge in [0.05, 0.1) is 12.7 Å². The van der Waals surface area contributed by atoms with E-state index in [1.165, 1.54) is 24.7 Å². The number of H-pyrrole nitrogens is 2. The fourth-order valence-electron chi connectivity index (χ4n) is 2.87. The van der Waals surface area contributed by atoms with E-state index in [1.807, 2.05) is 0 Å². The van der Waals surface area contributed by atoms with E-state index in [-0.39, 0.29) is 16.2 Å². The lowest BCUT2D eigenvalue weighted by Crippen LogP contribution is -2.13. The summed E-state index contributed by atoms with van der Waals surface area (Å²) in [5.74, 6) is -0.258. The summed E-state index contributed by atoms with van der Waals surface area (Å²) in [7, 11) is 1.33. The van der Waals surface area contributed by atoms with Crippen molar-refractivity contribution in [3.8, 4) is 5.88 Å². The number of nitrogens with one attached hydrogen (secondary N) is 2. The summed E-state index contributed by atoms with van der Waals surface area (Å²) in [6.45, 7) is 2.17. The van der Waals surface area contributed by atoms with Gasteiger partial charge in [-0.2, -0.15) is 0 Å². The third kappa shape index (κ3) is 3.42. The summed E-state index contributed by atoms with van der Waals surface area (Å²) in [4.78, 5) is 34.4. The van der Waals surface area contributed by atoms with Gasteiger partial charge >= 0.3 is 5.97 Å². The molecule has 1 atom stereocenters. The number of hydrogen-bond acceptors (Lipinski definition) is 7. The van der Waals surface area contributed by atoms with E-state index in [9.17, 15) is 14.7 Å². The van der Waals surface area contributed by atoms with Crippen molar-refractivity contribution in [2.24, 2.45) is 10.9 Å². The molecule has 7 nitrogen and oxygen atoms in total. The maximum Gasteiger partial charge on any atom is 0.341 e. The predicted octanol–water partition coefficient (Wildman–Crippen LogP) is 2.86. The van der Waals surface area contributed by atoms with Crippen molar-refractivity contribution in [3.63, 3.8) is 0 Å². The molecule has 0 saturated carbocycles. The Morgan fingerprint density at radius 3 is 2.92 bits per heavy atom. The van der Waals surface area contributed by atoms with Crippen LogP contribution >= 0.6 is 23.6 Å². The number of ether oxygens (including phenoxy) is 1. The van der Waals surface area contributed by atoms with Gasteiger partial charge < -0.3 is 14.8 Å². The van der Waals surface area contributed by atoms with Crippen molar-refractivity contribution in [1.29, 1.82) is 0 Å². The molecule has 0 bridgehead atoms. The second-order valence-corrected chi connectivity index (χ2v) is 7.44. The number of esters is 1. The molecule has 0 aromatic carbocycles. The Balaban J connectivity index is 2.07. The largest absolute Gasteiger partial charge is 0.494 e. The number of thiophene rings is 1. The molecule has 2 aromatic heterocycles. The molecule has 1 aliphatic rings. The SMILES string of the molecule is COC(=O)c1c(N=Cc2c(O)[nH]c(=S)[nH]c2=O)sc2c1CCC(C)C2. The van der Waals surface area contributed by atoms with Crippen molar-refractivity contribution in [2.75, 3.05) is 7.11 Å². The molecule has 0 spiro atoms. The summed E-state index contributed by atoms with van der Waals surface area (Å²) in [6.07, 6.45) is 3.93. The van der Waals surface area contributed by atoms with Crippen molar-refractivity contribution < 1.29 is 14.6 Å². The van der Waals surface area contributed by atoms with Crippen LogP contribution in [0.2, 0.25) is 0 Å². The molecular weight excluding hydrogens is 362 g/mol. The van der Waals surface area contributed by atoms with Crippen molar-refractivity contribution in [3.05, 3.63) is 36.7 Å². The maximum absolute atomic E-state index is 12.2. The Morgan fingerprint density at radius 2 is 2.24 bits per heavy atom. The van der Waals surface area contributed by atoms with Gasteiger partial charge in [0.1, 0.15) is 10.6 Å². The zero-order valence-corrected chi connectivity index (χ0v) is 15.3. The topological polar surface area (TPSA) is 108 Å². The lowest BCUT2D eigenvalue weighted by Gasteiger charge is -2.18. The highest BCUT2D eigenvalue weighted by molar-refractivity contribution is 7.71. The number of fused-ring (bicyclic) bond motifs is 1. The zero-order valence-electron chi connectivity index (χ0n) is 13.7. The van der Waals surface area contributed by atoms with E-state index in [4.69, 9.17) is 17.0 Å². The van der Waals surface area contributed by atoms with Crippen LogP contribution < -0.4 is 5.56 Å². The Bertz CT molecular complexity index is 971. The number of carbonyl (C=O) groups excluding carboxylic acids is 1. The van der Waals surface area contributed by atoms with Crippen LogP contribution in [0.25, 0.3) is 0 Å². The molecule has 0 aliphatic heterocycles. The lowest BCUT2D eigenvalue weighted by molar-refractivity contribution is 0.0600. The molecule has 3 N–H and O–H groups in total. The third-order valence-electron chi connectivity index (χ3n) is 4.15. The fourth-order valence-corrected chi connectivity index (χ4v) is 4.40. The van der Waals surface area contributed by atoms with Crippen molar-refractivity contribution in [1.82, 2.24) is 9.97 Å². The molecule has 2 heterocycles. The molecule has 132 valence electrons. The van der Waals surface area contributed by atoms with E-state index >= 15 is 0 Å². The summed E-state index contributed by atoms with van der Waals surface area (Å²) < 4.78 is 4.92. The summed E-state index contributed by atoms with van der Waals surface area (Å²) in [5, 5.41) is 10.3. The van der Waals surface area contributed by atoms with E-state index < -0.39 is 11.5 Å². The molecule has 0 saturated heterocycles. The van der Waals surface area contributed by atoms with Crippen LogP contribution in [0.15, 0.2) is 9.79 Å². The normalized spacial score (nSPS) is 16.8. The maximum atomic E-state index is 12.2. The van der Waals surface area contributed by atoms with E-state index in [1.54, 1.807) is 0 Å². The Morgan fingerprint density at radius 1 is 1.48 bits per heavy atom. The van der Waals surface area contributed by atoms with Gasteiger partial charge in [0.2, 0.25) is 5.88 Å². The average molecular weight is 379 g/mol. The van der Waals surface area contributed by atoms with Gasteiger partial charge in [-0.25, -0.2) is 9.79 Å². The first-order valence-electron chi connectivity index (χ1n) is 7.73. The minimum atomic E-state index is -0.556. The Labute approximate surface area is 152 Å². The number of hydrogen-bond donors (Lipinski definition) is 3. The number of aromatic nitrogens is 2. The lowest BCUT2D eigenvalue weighted by atomic mass is 9.88. The first kappa shape index (κ1) is 17.6. The molecule has 0 fully saturated rings. The van der Waals surface area contributed by atoms with E-state index in [0.29, 0.717) is 16.5 Å². The minimum Gasteiger partial charge on any atom is -0.494 e. The summed E-state index contributed by atoms with van der Waals surface area (Å²) >= 11 is 6.21. The van der Waals surface area contributed by atoms with Crippen LogP contribution in [0.3, 0.4) is 0 Å². The van der Waals surface area contributed by atoms with Gasteiger partial charge in [-0.15, -0.1) is 11.3 Å². The molecule has 9 heteroatoms. The summed E-state index contributed by atoms with van der Waals surface area (Å²) in [6, 6.07) is 0. The number of aromatic amines is 2. The van der Waals surface area contributed by atoms with Crippen LogP contribution in [-0.4, -0.2) is 34.4 Å². The van der Waals surface area contributed by atoms with Crippen LogP contribution in [0.5, 0.6) is 5.88 Å². The van der Waals surface area contributed by atoms with Gasteiger partial charge in [0, 0.05) is 11.1 Å². The highest BCUT2D eigenvalue weighted by Crippen LogP contribution is 2.41. The number of methoxy groups -OCH3 is 1. The quantitative estimate of drug-likeness (QED) is 0.432. The Kier molecular flexibility index (Phi) is 4.87. The second kappa shape index (κ2) is 6.93. The van der Waals surface area contributed by atoms with Gasteiger partial charge in [-0.3, -0.25) is 9.78 Å². The molecule has 0 radical (unpaired) electrons. The Hall–Kier alpha value is -2.26. The minimum absolute atomic E-state index is 0.0236.